The van der Waals surface area contributed by atoms with Crippen LogP contribution in [0.15, 0.2) is 0 Å². The lowest BCUT2D eigenvalue weighted by molar-refractivity contribution is 0.400. The van der Waals surface area contributed by atoms with Crippen molar-refractivity contribution < 1.29 is 0 Å². The van der Waals surface area contributed by atoms with E-state index in [9.17, 15) is 0 Å². The molecular formula is C11H22. The number of hydrogen-bond acceptors (Lipinski definition) is 0. The molecule has 0 spiro atoms. The number of hydrogen-bond donors (Lipinski definition) is 0. The van der Waals surface area contributed by atoms with Gasteiger partial charge in [-0.15, -0.1) is 0 Å². The van der Waals surface area contributed by atoms with E-state index in [0.29, 0.717) is 0 Å². The quantitative estimate of drug-likeness (QED) is 0.542. The summed E-state index contributed by atoms with van der Waals surface area (Å²) < 4.78 is 0. The molecule has 0 aromatic rings. The molecule has 66 valence electrons. The molecule has 0 radical (unpaired) electrons. The van der Waals surface area contributed by atoms with Crippen LogP contribution in [0.1, 0.15) is 58.8 Å². The second-order valence-corrected chi connectivity index (χ2v) is 4.10. The third kappa shape index (κ3) is 3.79. The van der Waals surface area contributed by atoms with Crippen LogP contribution in [0.25, 0.3) is 0 Å². The van der Waals surface area contributed by atoms with Gasteiger partial charge in [0, 0.05) is 0 Å². The van der Waals surface area contributed by atoms with Crippen LogP contribution in [0.4, 0.5) is 0 Å². The van der Waals surface area contributed by atoms with Gasteiger partial charge in [-0.05, 0) is 18.3 Å². The summed E-state index contributed by atoms with van der Waals surface area (Å²) in [5.74, 6) is 2.19. The van der Waals surface area contributed by atoms with Crippen LogP contribution < -0.4 is 0 Å². The molecular weight excluding hydrogens is 132 g/mol. The van der Waals surface area contributed by atoms with Crippen molar-refractivity contribution in [3.63, 3.8) is 0 Å². The summed E-state index contributed by atoms with van der Waals surface area (Å²) in [6.45, 7) is 4.65. The van der Waals surface area contributed by atoms with Crippen LogP contribution in [0.5, 0.6) is 0 Å². The van der Waals surface area contributed by atoms with Crippen molar-refractivity contribution in [1.82, 2.24) is 0 Å². The van der Waals surface area contributed by atoms with Crippen molar-refractivity contribution in [3.05, 3.63) is 0 Å². The Morgan fingerprint density at radius 1 is 1.27 bits per heavy atom. The van der Waals surface area contributed by atoms with Gasteiger partial charge in [0.15, 0.2) is 0 Å². The molecule has 11 heavy (non-hydrogen) atoms. The second-order valence-electron chi connectivity index (χ2n) is 4.10. The molecule has 0 saturated heterocycles. The third-order valence-electron chi connectivity index (χ3n) is 2.91. The highest BCUT2D eigenvalue weighted by Crippen LogP contribution is 2.37. The Labute approximate surface area is 71.4 Å². The third-order valence-corrected chi connectivity index (χ3v) is 2.91. The molecule has 0 aromatic carbocycles. The molecule has 1 aliphatic carbocycles. The zero-order chi connectivity index (χ0) is 8.10. The fourth-order valence-electron chi connectivity index (χ4n) is 1.81. The summed E-state index contributed by atoms with van der Waals surface area (Å²) in [7, 11) is 0. The minimum atomic E-state index is 1.06. The van der Waals surface area contributed by atoms with Crippen LogP contribution in [-0.4, -0.2) is 0 Å². The molecule has 0 amide bonds. The van der Waals surface area contributed by atoms with Crippen LogP contribution >= 0.6 is 0 Å². The van der Waals surface area contributed by atoms with Crippen molar-refractivity contribution in [3.8, 4) is 0 Å². The fourth-order valence-corrected chi connectivity index (χ4v) is 1.81. The lowest BCUT2D eigenvalue weighted by Crippen LogP contribution is -1.99. The Bertz CT molecular complexity index is 92.2. The average Bonchev–Trinajstić information content (AvgIpc) is 2.81. The van der Waals surface area contributed by atoms with Gasteiger partial charge >= 0.3 is 0 Å². The normalized spacial score (nSPS) is 20.2. The van der Waals surface area contributed by atoms with E-state index in [1.807, 2.05) is 0 Å². The summed E-state index contributed by atoms with van der Waals surface area (Å²) in [4.78, 5) is 0. The highest BCUT2D eigenvalue weighted by atomic mass is 14.3. The first-order chi connectivity index (χ1) is 5.36. The topological polar surface area (TPSA) is 0 Å². The van der Waals surface area contributed by atoms with E-state index in [1.165, 1.54) is 44.9 Å². The van der Waals surface area contributed by atoms with Crippen LogP contribution in [0, 0.1) is 11.8 Å². The molecule has 1 rings (SSSR count). The first-order valence-electron chi connectivity index (χ1n) is 5.36. The smallest absolute Gasteiger partial charge is 0.0411 e. The molecule has 1 aliphatic rings. The zero-order valence-electron chi connectivity index (χ0n) is 8.10. The van der Waals surface area contributed by atoms with Crippen LogP contribution in [-0.2, 0) is 0 Å². The maximum atomic E-state index is 2.35. The summed E-state index contributed by atoms with van der Waals surface area (Å²) >= 11 is 0. The molecule has 0 unspecified atom stereocenters. The van der Waals surface area contributed by atoms with Gasteiger partial charge in [0.2, 0.25) is 0 Å². The number of rotatable bonds is 6. The summed E-state index contributed by atoms with van der Waals surface area (Å²) in [6, 6.07) is 0. The minimum absolute atomic E-state index is 1.06. The summed E-state index contributed by atoms with van der Waals surface area (Å²) in [6.07, 6.45) is 10.3. The molecule has 0 heteroatoms. The molecule has 1 fully saturated rings. The minimum Gasteiger partial charge on any atom is -0.0654 e. The molecule has 0 aliphatic heterocycles. The Morgan fingerprint density at radius 3 is 2.45 bits per heavy atom. The fraction of sp³-hybridized carbons (Fsp3) is 1.00. The van der Waals surface area contributed by atoms with Gasteiger partial charge in [-0.2, -0.15) is 0 Å². The van der Waals surface area contributed by atoms with Crippen molar-refractivity contribution >= 4 is 0 Å². The monoisotopic (exact) mass is 154 g/mol. The highest BCUT2D eigenvalue weighted by molar-refractivity contribution is 4.76. The van der Waals surface area contributed by atoms with Gasteiger partial charge in [-0.25, -0.2) is 0 Å². The van der Waals surface area contributed by atoms with E-state index in [-0.39, 0.29) is 0 Å². The van der Waals surface area contributed by atoms with Crippen LogP contribution in [0.2, 0.25) is 0 Å². The van der Waals surface area contributed by atoms with E-state index < -0.39 is 0 Å². The highest BCUT2D eigenvalue weighted by Gasteiger charge is 2.24. The first-order valence-corrected chi connectivity index (χ1v) is 5.36. The summed E-state index contributed by atoms with van der Waals surface area (Å²) in [5, 5.41) is 0. The van der Waals surface area contributed by atoms with E-state index in [2.05, 4.69) is 13.8 Å². The lowest BCUT2D eigenvalue weighted by Gasteiger charge is -2.12. The molecule has 1 atom stereocenters. The summed E-state index contributed by atoms with van der Waals surface area (Å²) in [5.41, 5.74) is 0. The van der Waals surface area contributed by atoms with Gasteiger partial charge in [-0.1, -0.05) is 52.4 Å². The SMILES string of the molecule is CCCC[C@H](CC)CC1CC1. The van der Waals surface area contributed by atoms with E-state index in [0.717, 1.165) is 11.8 Å². The average molecular weight is 154 g/mol. The van der Waals surface area contributed by atoms with E-state index in [1.54, 1.807) is 0 Å². The molecule has 0 nitrogen and oxygen atoms in total. The van der Waals surface area contributed by atoms with E-state index >= 15 is 0 Å². The first kappa shape index (κ1) is 9.09. The Balaban J connectivity index is 2.02. The Morgan fingerprint density at radius 2 is 2.00 bits per heavy atom. The van der Waals surface area contributed by atoms with Crippen molar-refractivity contribution in [2.24, 2.45) is 11.8 Å². The van der Waals surface area contributed by atoms with Crippen LogP contribution in [0.3, 0.4) is 0 Å². The largest absolute Gasteiger partial charge is 0.0654 e. The lowest BCUT2D eigenvalue weighted by atomic mass is 9.94. The van der Waals surface area contributed by atoms with Crippen molar-refractivity contribution in [2.75, 3.05) is 0 Å². The van der Waals surface area contributed by atoms with E-state index in [4.69, 9.17) is 0 Å². The molecule has 0 aromatic heterocycles. The zero-order valence-corrected chi connectivity index (χ0v) is 8.10. The predicted molar refractivity (Wildman–Crippen MR) is 50.6 cm³/mol. The molecule has 0 heterocycles. The van der Waals surface area contributed by atoms with Gasteiger partial charge in [-0.3, -0.25) is 0 Å². The molecule has 0 bridgehead atoms. The van der Waals surface area contributed by atoms with Gasteiger partial charge in [0.25, 0.3) is 0 Å². The predicted octanol–water partition coefficient (Wildman–Crippen LogP) is 4.00. The van der Waals surface area contributed by atoms with Gasteiger partial charge in [0.1, 0.15) is 0 Å². The van der Waals surface area contributed by atoms with Crippen molar-refractivity contribution in [1.29, 1.82) is 0 Å². The Hall–Kier alpha value is 0. The molecule has 1 saturated carbocycles. The second kappa shape index (κ2) is 4.79. The van der Waals surface area contributed by atoms with Crippen molar-refractivity contribution in [2.45, 2.75) is 58.8 Å². The Kier molecular flexibility index (Phi) is 3.96. The maximum Gasteiger partial charge on any atom is -0.0411 e. The standard InChI is InChI=1S/C11H22/c1-3-5-6-10(4-2)9-11-7-8-11/h10-11H,3-9H2,1-2H3/t10-/m0/s1. The van der Waals surface area contributed by atoms with Gasteiger partial charge in [0.05, 0.1) is 0 Å². The maximum absolute atomic E-state index is 2.35. The molecule has 0 N–H and O–H groups in total. The van der Waals surface area contributed by atoms with Gasteiger partial charge < -0.3 is 0 Å². The number of unbranched alkanes of at least 4 members (excludes halogenated alkanes) is 1.